The topological polar surface area (TPSA) is 64.2 Å². The van der Waals surface area contributed by atoms with Crippen LogP contribution in [-0.4, -0.2) is 22.2 Å². The molecule has 1 rings (SSSR count). The summed E-state index contributed by atoms with van der Waals surface area (Å²) in [5.41, 5.74) is 1.12. The van der Waals surface area contributed by atoms with Gasteiger partial charge in [0, 0.05) is 5.88 Å². The van der Waals surface area contributed by atoms with E-state index in [2.05, 4.69) is 0 Å². The number of benzene rings is 1. The molecule has 3 nitrogen and oxygen atoms in total. The monoisotopic (exact) mass is 225 g/mol. The van der Waals surface area contributed by atoms with E-state index in [0.717, 1.165) is 0 Å². The van der Waals surface area contributed by atoms with Gasteiger partial charge in [-0.15, -0.1) is 11.6 Å². The fourth-order valence-electron chi connectivity index (χ4n) is 1.25. The molecule has 0 aromatic heterocycles. The van der Waals surface area contributed by atoms with Crippen molar-refractivity contribution >= 4 is 11.6 Å². The van der Waals surface area contributed by atoms with Crippen molar-refractivity contribution in [3.05, 3.63) is 35.4 Å². The molecule has 0 aliphatic carbocycles. The molecule has 0 amide bonds. The van der Waals surface area contributed by atoms with Crippen LogP contribution in [0.1, 0.15) is 23.7 Å². The molecule has 0 radical (unpaired) electrons. The number of hydrogen-bond acceptors (Lipinski definition) is 3. The molecule has 80 valence electrons. The van der Waals surface area contributed by atoms with Gasteiger partial charge in [-0.3, -0.25) is 0 Å². The molecule has 2 unspecified atom stereocenters. The maximum atomic E-state index is 9.69. The first kappa shape index (κ1) is 12.0. The highest BCUT2D eigenvalue weighted by Crippen LogP contribution is 2.19. The lowest BCUT2D eigenvalue weighted by atomic mass is 10.0. The van der Waals surface area contributed by atoms with Crippen LogP contribution < -0.4 is 0 Å². The Morgan fingerprint density at radius 3 is 2.33 bits per heavy atom. The van der Waals surface area contributed by atoms with Gasteiger partial charge >= 0.3 is 0 Å². The molecule has 0 aliphatic rings. The number of halogens is 1. The van der Waals surface area contributed by atoms with Gasteiger partial charge < -0.3 is 10.2 Å². The predicted molar refractivity (Wildman–Crippen MR) is 57.5 cm³/mol. The molecule has 0 saturated heterocycles. The highest BCUT2D eigenvalue weighted by Gasteiger charge is 2.17. The fraction of sp³-hybridized carbons (Fsp3) is 0.364. The van der Waals surface area contributed by atoms with Crippen molar-refractivity contribution in [3.63, 3.8) is 0 Å². The van der Waals surface area contributed by atoms with E-state index in [1.807, 2.05) is 6.07 Å². The van der Waals surface area contributed by atoms with Crippen LogP contribution in [0.25, 0.3) is 0 Å². The molecule has 0 bridgehead atoms. The zero-order valence-electron chi connectivity index (χ0n) is 8.10. The number of aliphatic hydroxyl groups excluding tert-OH is 2. The standard InChI is InChI=1S/C11H12ClNO2/c12-6-5-10(14)11(15)9-3-1-8(7-13)2-4-9/h1-4,10-11,14-15H,5-6H2. The summed E-state index contributed by atoms with van der Waals surface area (Å²) >= 11 is 5.46. The van der Waals surface area contributed by atoms with Gasteiger partial charge in [0.1, 0.15) is 6.10 Å². The van der Waals surface area contributed by atoms with Gasteiger partial charge in [0.25, 0.3) is 0 Å². The van der Waals surface area contributed by atoms with Crippen LogP contribution in [-0.2, 0) is 0 Å². The van der Waals surface area contributed by atoms with Gasteiger partial charge in [-0.05, 0) is 24.1 Å². The quantitative estimate of drug-likeness (QED) is 0.765. The van der Waals surface area contributed by atoms with Crippen molar-refractivity contribution in [2.45, 2.75) is 18.6 Å². The summed E-state index contributed by atoms with van der Waals surface area (Å²) < 4.78 is 0. The van der Waals surface area contributed by atoms with Gasteiger partial charge in [0.05, 0.1) is 17.7 Å². The summed E-state index contributed by atoms with van der Waals surface area (Å²) in [5, 5.41) is 27.8. The van der Waals surface area contributed by atoms with E-state index in [-0.39, 0.29) is 0 Å². The second-order valence-electron chi connectivity index (χ2n) is 3.22. The maximum Gasteiger partial charge on any atom is 0.105 e. The van der Waals surface area contributed by atoms with Crippen molar-refractivity contribution < 1.29 is 10.2 Å². The van der Waals surface area contributed by atoms with E-state index in [9.17, 15) is 10.2 Å². The Morgan fingerprint density at radius 1 is 1.27 bits per heavy atom. The van der Waals surface area contributed by atoms with Crippen molar-refractivity contribution in [2.75, 3.05) is 5.88 Å². The Hall–Kier alpha value is -1.08. The number of nitrogens with zero attached hydrogens (tertiary/aromatic N) is 1. The number of hydrogen-bond donors (Lipinski definition) is 2. The summed E-state index contributed by atoms with van der Waals surface area (Å²) in [6.07, 6.45) is -1.48. The summed E-state index contributed by atoms with van der Waals surface area (Å²) in [6.45, 7) is 0. The molecule has 2 atom stereocenters. The lowest BCUT2D eigenvalue weighted by Gasteiger charge is -2.16. The number of rotatable bonds is 4. The highest BCUT2D eigenvalue weighted by atomic mass is 35.5. The van der Waals surface area contributed by atoms with E-state index in [0.29, 0.717) is 23.4 Å². The zero-order chi connectivity index (χ0) is 11.3. The molecule has 2 N–H and O–H groups in total. The normalized spacial score (nSPS) is 14.3. The van der Waals surface area contributed by atoms with Gasteiger partial charge in [0.2, 0.25) is 0 Å². The zero-order valence-corrected chi connectivity index (χ0v) is 8.85. The number of alkyl halides is 1. The Kier molecular flexibility index (Phi) is 4.57. The maximum absolute atomic E-state index is 9.69. The molecule has 1 aromatic carbocycles. The van der Waals surface area contributed by atoms with Crippen LogP contribution in [0, 0.1) is 11.3 Å². The van der Waals surface area contributed by atoms with Crippen molar-refractivity contribution in [1.82, 2.24) is 0 Å². The van der Waals surface area contributed by atoms with Crippen LogP contribution in [0.5, 0.6) is 0 Å². The van der Waals surface area contributed by atoms with E-state index >= 15 is 0 Å². The molecule has 15 heavy (non-hydrogen) atoms. The van der Waals surface area contributed by atoms with Crippen LogP contribution in [0.2, 0.25) is 0 Å². The third-order valence-electron chi connectivity index (χ3n) is 2.15. The molecule has 1 aromatic rings. The second kappa shape index (κ2) is 5.72. The summed E-state index contributed by atoms with van der Waals surface area (Å²) in [7, 11) is 0. The third kappa shape index (κ3) is 3.21. The lowest BCUT2D eigenvalue weighted by Crippen LogP contribution is -2.18. The summed E-state index contributed by atoms with van der Waals surface area (Å²) in [4.78, 5) is 0. The van der Waals surface area contributed by atoms with Gasteiger partial charge in [-0.1, -0.05) is 12.1 Å². The third-order valence-corrected chi connectivity index (χ3v) is 2.37. The van der Waals surface area contributed by atoms with Gasteiger partial charge in [0.15, 0.2) is 0 Å². The molecule has 0 heterocycles. The lowest BCUT2D eigenvalue weighted by molar-refractivity contribution is 0.0170. The molecular weight excluding hydrogens is 214 g/mol. The van der Waals surface area contributed by atoms with Gasteiger partial charge in [-0.2, -0.15) is 5.26 Å². The average molecular weight is 226 g/mol. The van der Waals surface area contributed by atoms with Gasteiger partial charge in [-0.25, -0.2) is 0 Å². The Labute approximate surface area is 93.5 Å². The minimum atomic E-state index is -0.948. The highest BCUT2D eigenvalue weighted by molar-refractivity contribution is 6.17. The van der Waals surface area contributed by atoms with Crippen molar-refractivity contribution in [3.8, 4) is 6.07 Å². The summed E-state index contributed by atoms with van der Waals surface area (Å²) in [5.74, 6) is 0.300. The first-order chi connectivity index (χ1) is 7.19. The Balaban J connectivity index is 2.74. The second-order valence-corrected chi connectivity index (χ2v) is 3.60. The molecule has 0 spiro atoms. The van der Waals surface area contributed by atoms with Crippen LogP contribution >= 0.6 is 11.6 Å². The molecule has 0 fully saturated rings. The predicted octanol–water partition coefficient (Wildman–Crippen LogP) is 1.58. The minimum Gasteiger partial charge on any atom is -0.390 e. The van der Waals surface area contributed by atoms with E-state index in [1.165, 1.54) is 0 Å². The van der Waals surface area contributed by atoms with E-state index in [4.69, 9.17) is 16.9 Å². The first-order valence-corrected chi connectivity index (χ1v) is 5.14. The smallest absolute Gasteiger partial charge is 0.105 e. The molecular formula is C11H12ClNO2. The first-order valence-electron chi connectivity index (χ1n) is 4.61. The molecule has 0 aliphatic heterocycles. The summed E-state index contributed by atoms with van der Waals surface area (Å²) in [6, 6.07) is 8.44. The SMILES string of the molecule is N#Cc1ccc(C(O)C(O)CCCl)cc1. The van der Waals surface area contributed by atoms with Crippen molar-refractivity contribution in [1.29, 1.82) is 5.26 Å². The Bertz CT molecular complexity index is 345. The average Bonchev–Trinajstić information content (AvgIpc) is 2.28. The van der Waals surface area contributed by atoms with Crippen LogP contribution in [0.15, 0.2) is 24.3 Å². The number of nitriles is 1. The molecule has 0 saturated carbocycles. The van der Waals surface area contributed by atoms with Crippen molar-refractivity contribution in [2.24, 2.45) is 0 Å². The fourth-order valence-corrected chi connectivity index (χ4v) is 1.47. The van der Waals surface area contributed by atoms with E-state index in [1.54, 1.807) is 24.3 Å². The van der Waals surface area contributed by atoms with Crippen LogP contribution in [0.4, 0.5) is 0 Å². The minimum absolute atomic E-state index is 0.300. The Morgan fingerprint density at radius 2 is 1.87 bits per heavy atom. The number of aliphatic hydroxyl groups is 2. The molecule has 4 heteroatoms. The largest absolute Gasteiger partial charge is 0.390 e. The van der Waals surface area contributed by atoms with Crippen LogP contribution in [0.3, 0.4) is 0 Å². The van der Waals surface area contributed by atoms with E-state index < -0.39 is 12.2 Å².